The van der Waals surface area contributed by atoms with Gasteiger partial charge in [0.15, 0.2) is 0 Å². The molecule has 0 aliphatic heterocycles. The van der Waals surface area contributed by atoms with Crippen LogP contribution in [0.2, 0.25) is 0 Å². The average Bonchev–Trinajstić information content (AvgIpc) is 2.18. The van der Waals surface area contributed by atoms with Crippen LogP contribution < -0.4 is 0 Å². The average molecular weight is 264 g/mol. The Morgan fingerprint density at radius 2 is 1.89 bits per heavy atom. The maximum atomic E-state index is 13.3. The van der Waals surface area contributed by atoms with Crippen LogP contribution in [0.15, 0.2) is 18.2 Å². The molecule has 1 aromatic rings. The molecule has 0 heterocycles. The first-order valence-corrected chi connectivity index (χ1v) is 4.77. The number of benzene rings is 1. The van der Waals surface area contributed by atoms with Crippen molar-refractivity contribution in [2.75, 3.05) is 0 Å². The van der Waals surface area contributed by atoms with E-state index in [1.165, 1.54) is 0 Å². The normalized spacial score (nSPS) is 11.2. The number of ether oxygens (including phenoxy) is 1. The number of hydrogen-bond acceptors (Lipinski definition) is 3. The standard InChI is InChI=1S/C11H8F4O3/c1-6(16)18-10(17)4-7-2-3-8(5-9(7)12)11(13,14)15/h2-3,5H,4H2,1H3. The van der Waals surface area contributed by atoms with Gasteiger partial charge in [-0.25, -0.2) is 4.39 Å². The number of carbonyl (C=O) groups is 2. The summed E-state index contributed by atoms with van der Waals surface area (Å²) in [5, 5.41) is 0. The Morgan fingerprint density at radius 1 is 1.28 bits per heavy atom. The molecule has 98 valence electrons. The highest BCUT2D eigenvalue weighted by molar-refractivity contribution is 5.85. The Hall–Kier alpha value is -1.92. The van der Waals surface area contributed by atoms with E-state index in [0.717, 1.165) is 13.0 Å². The minimum absolute atomic E-state index is 0.269. The lowest BCUT2D eigenvalue weighted by molar-refractivity contribution is -0.157. The van der Waals surface area contributed by atoms with Crippen LogP contribution >= 0.6 is 0 Å². The summed E-state index contributed by atoms with van der Waals surface area (Å²) in [4.78, 5) is 21.5. The first-order valence-electron chi connectivity index (χ1n) is 4.77. The quantitative estimate of drug-likeness (QED) is 0.468. The van der Waals surface area contributed by atoms with Gasteiger partial charge in [0.05, 0.1) is 12.0 Å². The van der Waals surface area contributed by atoms with E-state index in [0.29, 0.717) is 6.07 Å². The highest BCUT2D eigenvalue weighted by atomic mass is 19.4. The van der Waals surface area contributed by atoms with Crippen molar-refractivity contribution >= 4 is 11.9 Å². The van der Waals surface area contributed by atoms with Crippen molar-refractivity contribution in [3.8, 4) is 0 Å². The number of carbonyl (C=O) groups excluding carboxylic acids is 2. The Morgan fingerprint density at radius 3 is 2.33 bits per heavy atom. The lowest BCUT2D eigenvalue weighted by atomic mass is 10.1. The van der Waals surface area contributed by atoms with Crippen LogP contribution in [0, 0.1) is 5.82 Å². The Bertz CT molecular complexity index is 480. The molecule has 0 N–H and O–H groups in total. The summed E-state index contributed by atoms with van der Waals surface area (Å²) >= 11 is 0. The first-order chi connectivity index (χ1) is 8.20. The molecule has 0 aliphatic rings. The van der Waals surface area contributed by atoms with Gasteiger partial charge in [-0.05, 0) is 17.7 Å². The van der Waals surface area contributed by atoms with Crippen LogP contribution in [-0.2, 0) is 26.9 Å². The molecule has 7 heteroatoms. The van der Waals surface area contributed by atoms with E-state index in [9.17, 15) is 27.2 Å². The van der Waals surface area contributed by atoms with Gasteiger partial charge in [0.1, 0.15) is 5.82 Å². The fourth-order valence-electron chi connectivity index (χ4n) is 1.22. The van der Waals surface area contributed by atoms with Crippen LogP contribution in [0.5, 0.6) is 0 Å². The largest absolute Gasteiger partial charge is 0.416 e. The van der Waals surface area contributed by atoms with Gasteiger partial charge in [-0.3, -0.25) is 9.59 Å². The zero-order valence-corrected chi connectivity index (χ0v) is 9.18. The van der Waals surface area contributed by atoms with Crippen molar-refractivity contribution in [1.29, 1.82) is 0 Å². The van der Waals surface area contributed by atoms with Gasteiger partial charge in [-0.2, -0.15) is 13.2 Å². The summed E-state index contributed by atoms with van der Waals surface area (Å²) in [6, 6.07) is 1.77. The molecule has 0 unspecified atom stereocenters. The number of hydrogen-bond donors (Lipinski definition) is 0. The highest BCUT2D eigenvalue weighted by Crippen LogP contribution is 2.30. The van der Waals surface area contributed by atoms with Gasteiger partial charge < -0.3 is 4.74 Å². The molecule has 18 heavy (non-hydrogen) atoms. The van der Waals surface area contributed by atoms with Gasteiger partial charge in [0.2, 0.25) is 0 Å². The molecule has 0 aromatic heterocycles. The molecular weight excluding hydrogens is 256 g/mol. The molecule has 0 amide bonds. The van der Waals surface area contributed by atoms with E-state index in [1.807, 2.05) is 0 Å². The molecule has 0 bridgehead atoms. The maximum absolute atomic E-state index is 13.3. The molecule has 0 saturated carbocycles. The monoisotopic (exact) mass is 264 g/mol. The summed E-state index contributed by atoms with van der Waals surface area (Å²) in [5.41, 5.74) is -1.42. The highest BCUT2D eigenvalue weighted by Gasteiger charge is 2.31. The minimum Gasteiger partial charge on any atom is -0.393 e. The molecule has 0 atom stereocenters. The van der Waals surface area contributed by atoms with Gasteiger partial charge in [0.25, 0.3) is 0 Å². The van der Waals surface area contributed by atoms with E-state index < -0.39 is 35.9 Å². The number of halogens is 4. The Labute approximate surface area is 99.4 Å². The van der Waals surface area contributed by atoms with Gasteiger partial charge >= 0.3 is 18.1 Å². The topological polar surface area (TPSA) is 43.4 Å². The van der Waals surface area contributed by atoms with Crippen molar-refractivity contribution in [2.45, 2.75) is 19.5 Å². The first kappa shape index (κ1) is 14.1. The lowest BCUT2D eigenvalue weighted by Gasteiger charge is -2.08. The van der Waals surface area contributed by atoms with E-state index in [2.05, 4.69) is 4.74 Å². The van der Waals surface area contributed by atoms with Crippen molar-refractivity contribution in [3.63, 3.8) is 0 Å². The van der Waals surface area contributed by atoms with Crippen LogP contribution in [0.3, 0.4) is 0 Å². The summed E-state index contributed by atoms with van der Waals surface area (Å²) in [6.07, 6.45) is -5.26. The SMILES string of the molecule is CC(=O)OC(=O)Cc1ccc(C(F)(F)F)cc1F. The van der Waals surface area contributed by atoms with Crippen molar-refractivity contribution in [3.05, 3.63) is 35.1 Å². The van der Waals surface area contributed by atoms with Gasteiger partial charge in [-0.1, -0.05) is 6.07 Å². The molecule has 0 saturated heterocycles. The number of esters is 2. The minimum atomic E-state index is -4.65. The lowest BCUT2D eigenvalue weighted by Crippen LogP contribution is -2.13. The molecule has 3 nitrogen and oxygen atoms in total. The molecule has 1 aromatic carbocycles. The fourth-order valence-corrected chi connectivity index (χ4v) is 1.22. The fraction of sp³-hybridized carbons (Fsp3) is 0.273. The van der Waals surface area contributed by atoms with Gasteiger partial charge in [0, 0.05) is 6.92 Å². The second kappa shape index (κ2) is 5.16. The Balaban J connectivity index is 2.87. The zero-order valence-electron chi connectivity index (χ0n) is 9.18. The summed E-state index contributed by atoms with van der Waals surface area (Å²) < 4.78 is 54.1. The molecule has 1 rings (SSSR count). The molecule has 0 fully saturated rings. The Kier molecular flexibility index (Phi) is 4.05. The summed E-state index contributed by atoms with van der Waals surface area (Å²) in [5.74, 6) is -3.07. The van der Waals surface area contributed by atoms with E-state index in [1.54, 1.807) is 0 Å². The summed E-state index contributed by atoms with van der Waals surface area (Å²) in [7, 11) is 0. The van der Waals surface area contributed by atoms with Gasteiger partial charge in [-0.15, -0.1) is 0 Å². The molecular formula is C11H8F4O3. The predicted octanol–water partition coefficient (Wildman–Crippen LogP) is 2.48. The van der Waals surface area contributed by atoms with E-state index >= 15 is 0 Å². The third-order valence-electron chi connectivity index (χ3n) is 1.97. The van der Waals surface area contributed by atoms with Crippen LogP contribution in [0.25, 0.3) is 0 Å². The molecule has 0 radical (unpaired) electrons. The van der Waals surface area contributed by atoms with Crippen LogP contribution in [-0.4, -0.2) is 11.9 Å². The third-order valence-corrected chi connectivity index (χ3v) is 1.97. The van der Waals surface area contributed by atoms with E-state index in [-0.39, 0.29) is 11.6 Å². The van der Waals surface area contributed by atoms with Crippen molar-refractivity contribution in [2.24, 2.45) is 0 Å². The van der Waals surface area contributed by atoms with Crippen molar-refractivity contribution in [1.82, 2.24) is 0 Å². The molecule has 0 spiro atoms. The number of rotatable bonds is 2. The van der Waals surface area contributed by atoms with E-state index in [4.69, 9.17) is 0 Å². The predicted molar refractivity (Wildman–Crippen MR) is 51.9 cm³/mol. The maximum Gasteiger partial charge on any atom is 0.416 e. The molecule has 0 aliphatic carbocycles. The zero-order chi connectivity index (χ0) is 13.9. The van der Waals surface area contributed by atoms with Crippen LogP contribution in [0.1, 0.15) is 18.1 Å². The summed E-state index contributed by atoms with van der Waals surface area (Å²) in [6.45, 7) is 0.987. The smallest absolute Gasteiger partial charge is 0.393 e. The van der Waals surface area contributed by atoms with Crippen molar-refractivity contribution < 1.29 is 31.9 Å². The second-order valence-corrected chi connectivity index (χ2v) is 3.45. The van der Waals surface area contributed by atoms with Crippen LogP contribution in [0.4, 0.5) is 17.6 Å². The second-order valence-electron chi connectivity index (χ2n) is 3.45. The third kappa shape index (κ3) is 3.83. The number of alkyl halides is 3.